The molecule has 0 radical (unpaired) electrons. The fourth-order valence-electron chi connectivity index (χ4n) is 0.965. The van der Waals surface area contributed by atoms with Crippen molar-refractivity contribution >= 4 is 0 Å². The first-order valence-electron chi connectivity index (χ1n) is 4.19. The summed E-state index contributed by atoms with van der Waals surface area (Å²) in [7, 11) is 1.62. The molecule has 0 aliphatic rings. The molecule has 0 spiro atoms. The van der Waals surface area contributed by atoms with Gasteiger partial charge in [0, 0.05) is 13.7 Å². The third-order valence-corrected chi connectivity index (χ3v) is 1.66. The lowest BCUT2D eigenvalue weighted by Crippen LogP contribution is -2.28. The molecule has 0 saturated carbocycles. The highest BCUT2D eigenvalue weighted by atomic mass is 16.5. The minimum absolute atomic E-state index is 0.0601. The molecule has 1 heterocycles. The average molecular weight is 185 g/mol. The number of rotatable bonds is 6. The summed E-state index contributed by atoms with van der Waals surface area (Å²) in [4.78, 5) is 0. The Hall–Kier alpha value is -0.840. The fraction of sp³-hybridized carbons (Fsp3) is 0.556. The predicted molar refractivity (Wildman–Crippen MR) is 48.2 cm³/mol. The smallest absolute Gasteiger partial charge is 0.129 e. The van der Waals surface area contributed by atoms with Gasteiger partial charge in [-0.3, -0.25) is 0 Å². The van der Waals surface area contributed by atoms with Crippen LogP contribution in [0.25, 0.3) is 0 Å². The average Bonchev–Trinajstić information content (AvgIpc) is 2.64. The lowest BCUT2D eigenvalue weighted by Gasteiger charge is -2.13. The normalized spacial score (nSPS) is 13.1. The van der Waals surface area contributed by atoms with Crippen molar-refractivity contribution in [3.05, 3.63) is 24.2 Å². The Balaban J connectivity index is 2.23. The Morgan fingerprint density at radius 2 is 2.46 bits per heavy atom. The van der Waals surface area contributed by atoms with E-state index in [1.807, 2.05) is 12.1 Å². The van der Waals surface area contributed by atoms with Crippen LogP contribution in [0.1, 0.15) is 5.76 Å². The third kappa shape index (κ3) is 3.59. The molecule has 0 fully saturated rings. The molecule has 0 bridgehead atoms. The summed E-state index contributed by atoms with van der Waals surface area (Å²) >= 11 is 0. The molecule has 4 heteroatoms. The maximum absolute atomic E-state index is 5.46. The molecule has 0 amide bonds. The second-order valence-electron chi connectivity index (χ2n) is 2.70. The number of methoxy groups -OCH3 is 1. The van der Waals surface area contributed by atoms with Crippen LogP contribution in [-0.4, -0.2) is 26.4 Å². The van der Waals surface area contributed by atoms with Crippen LogP contribution in [0.15, 0.2) is 22.8 Å². The number of ether oxygens (including phenoxy) is 2. The van der Waals surface area contributed by atoms with Crippen molar-refractivity contribution in [2.45, 2.75) is 12.7 Å². The molecule has 0 saturated heterocycles. The zero-order valence-corrected chi connectivity index (χ0v) is 7.73. The summed E-state index contributed by atoms with van der Waals surface area (Å²) in [6.07, 6.45) is 1.56. The number of hydrogen-bond acceptors (Lipinski definition) is 4. The van der Waals surface area contributed by atoms with Crippen LogP contribution in [-0.2, 0) is 16.1 Å². The molecule has 1 rings (SSSR count). The van der Waals surface area contributed by atoms with Gasteiger partial charge in [0.15, 0.2) is 0 Å². The second kappa shape index (κ2) is 5.75. The van der Waals surface area contributed by atoms with Crippen molar-refractivity contribution in [2.75, 3.05) is 20.3 Å². The highest BCUT2D eigenvalue weighted by molar-refractivity contribution is 4.96. The van der Waals surface area contributed by atoms with E-state index in [0.29, 0.717) is 19.8 Å². The van der Waals surface area contributed by atoms with E-state index in [1.54, 1.807) is 13.4 Å². The number of hydrogen-bond donors (Lipinski definition) is 1. The summed E-state index contributed by atoms with van der Waals surface area (Å²) < 4.78 is 15.5. The van der Waals surface area contributed by atoms with Gasteiger partial charge in [-0.05, 0) is 12.1 Å². The predicted octanol–water partition coefficient (Wildman–Crippen LogP) is 0.770. The van der Waals surface area contributed by atoms with Gasteiger partial charge >= 0.3 is 0 Å². The van der Waals surface area contributed by atoms with Gasteiger partial charge in [0.1, 0.15) is 12.4 Å². The van der Waals surface area contributed by atoms with E-state index < -0.39 is 0 Å². The molecular weight excluding hydrogens is 170 g/mol. The van der Waals surface area contributed by atoms with Crippen LogP contribution in [0.2, 0.25) is 0 Å². The van der Waals surface area contributed by atoms with E-state index in [0.717, 1.165) is 5.76 Å². The van der Waals surface area contributed by atoms with Gasteiger partial charge in [0.25, 0.3) is 0 Å². The first-order chi connectivity index (χ1) is 6.36. The van der Waals surface area contributed by atoms with Crippen LogP contribution >= 0.6 is 0 Å². The molecule has 0 aliphatic carbocycles. The molecule has 0 aliphatic heterocycles. The van der Waals surface area contributed by atoms with E-state index in [9.17, 15) is 0 Å². The molecule has 74 valence electrons. The first kappa shape index (κ1) is 10.2. The molecule has 1 aromatic rings. The van der Waals surface area contributed by atoms with Gasteiger partial charge in [-0.1, -0.05) is 0 Å². The van der Waals surface area contributed by atoms with Crippen LogP contribution < -0.4 is 5.73 Å². The van der Waals surface area contributed by atoms with Gasteiger partial charge in [0.2, 0.25) is 0 Å². The quantitative estimate of drug-likeness (QED) is 0.711. The van der Waals surface area contributed by atoms with E-state index in [-0.39, 0.29) is 6.10 Å². The summed E-state index contributed by atoms with van der Waals surface area (Å²) in [6.45, 7) is 1.41. The van der Waals surface area contributed by atoms with Crippen molar-refractivity contribution in [1.29, 1.82) is 0 Å². The van der Waals surface area contributed by atoms with Gasteiger partial charge in [0.05, 0.1) is 19.0 Å². The Labute approximate surface area is 77.6 Å². The lowest BCUT2D eigenvalue weighted by atomic mass is 10.4. The fourth-order valence-corrected chi connectivity index (χ4v) is 0.965. The van der Waals surface area contributed by atoms with Gasteiger partial charge < -0.3 is 19.6 Å². The van der Waals surface area contributed by atoms with Crippen molar-refractivity contribution in [3.63, 3.8) is 0 Å². The Morgan fingerprint density at radius 1 is 1.62 bits per heavy atom. The van der Waals surface area contributed by atoms with E-state index in [2.05, 4.69) is 0 Å². The molecule has 13 heavy (non-hydrogen) atoms. The third-order valence-electron chi connectivity index (χ3n) is 1.66. The first-order valence-corrected chi connectivity index (χ1v) is 4.19. The van der Waals surface area contributed by atoms with Crippen molar-refractivity contribution in [1.82, 2.24) is 0 Å². The maximum atomic E-state index is 5.46. The van der Waals surface area contributed by atoms with Crippen LogP contribution in [0, 0.1) is 0 Å². The van der Waals surface area contributed by atoms with Gasteiger partial charge in [-0.15, -0.1) is 0 Å². The van der Waals surface area contributed by atoms with Gasteiger partial charge in [-0.2, -0.15) is 0 Å². The maximum Gasteiger partial charge on any atom is 0.129 e. The summed E-state index contributed by atoms with van der Waals surface area (Å²) in [6, 6.07) is 3.69. The Morgan fingerprint density at radius 3 is 3.00 bits per heavy atom. The Kier molecular flexibility index (Phi) is 4.53. The van der Waals surface area contributed by atoms with Crippen molar-refractivity contribution in [3.8, 4) is 0 Å². The lowest BCUT2D eigenvalue weighted by molar-refractivity contribution is -0.0117. The number of furan rings is 1. The Bertz CT molecular complexity index is 211. The SMILES string of the molecule is COCC(CN)OCc1ccco1. The second-order valence-corrected chi connectivity index (χ2v) is 2.70. The molecule has 1 atom stereocenters. The van der Waals surface area contributed by atoms with Crippen molar-refractivity contribution in [2.24, 2.45) is 5.73 Å². The standard InChI is InChI=1S/C9H15NO3/c1-11-6-9(5-10)13-7-8-3-2-4-12-8/h2-4,9H,5-7,10H2,1H3. The largest absolute Gasteiger partial charge is 0.467 e. The molecule has 1 aromatic heterocycles. The summed E-state index contributed by atoms with van der Waals surface area (Å²) in [5.74, 6) is 0.801. The highest BCUT2D eigenvalue weighted by Crippen LogP contribution is 2.03. The molecule has 1 unspecified atom stereocenters. The molecule has 0 aromatic carbocycles. The van der Waals surface area contributed by atoms with Crippen LogP contribution in [0.4, 0.5) is 0 Å². The number of nitrogens with two attached hydrogens (primary N) is 1. The zero-order chi connectivity index (χ0) is 9.52. The monoisotopic (exact) mass is 185 g/mol. The van der Waals surface area contributed by atoms with Crippen LogP contribution in [0.5, 0.6) is 0 Å². The summed E-state index contributed by atoms with van der Waals surface area (Å²) in [5.41, 5.74) is 5.46. The van der Waals surface area contributed by atoms with Crippen LogP contribution in [0.3, 0.4) is 0 Å². The van der Waals surface area contributed by atoms with E-state index in [1.165, 1.54) is 0 Å². The molecular formula is C9H15NO3. The van der Waals surface area contributed by atoms with Gasteiger partial charge in [-0.25, -0.2) is 0 Å². The zero-order valence-electron chi connectivity index (χ0n) is 7.73. The molecule has 2 N–H and O–H groups in total. The minimum atomic E-state index is -0.0601. The minimum Gasteiger partial charge on any atom is -0.467 e. The summed E-state index contributed by atoms with van der Waals surface area (Å²) in [5, 5.41) is 0. The van der Waals surface area contributed by atoms with E-state index in [4.69, 9.17) is 19.6 Å². The topological polar surface area (TPSA) is 57.6 Å². The highest BCUT2D eigenvalue weighted by Gasteiger charge is 2.06. The van der Waals surface area contributed by atoms with Crippen molar-refractivity contribution < 1.29 is 13.9 Å². The molecule has 4 nitrogen and oxygen atoms in total. The van der Waals surface area contributed by atoms with E-state index >= 15 is 0 Å².